The number of nitrogens with zero attached hydrogens (tertiary/aromatic N) is 6. The molecule has 184 valence electrons. The van der Waals surface area contributed by atoms with Crippen LogP contribution in [0.25, 0.3) is 22.4 Å². The van der Waals surface area contributed by atoms with Crippen LogP contribution in [0.4, 0.5) is 21.1 Å². The molecule has 2 aliphatic rings. The van der Waals surface area contributed by atoms with Crippen LogP contribution in [0.15, 0.2) is 30.5 Å². The fourth-order valence-electron chi connectivity index (χ4n) is 4.55. The van der Waals surface area contributed by atoms with E-state index in [-0.39, 0.29) is 12.1 Å². The van der Waals surface area contributed by atoms with Gasteiger partial charge in [-0.1, -0.05) is 0 Å². The number of piperidine rings is 1. The minimum atomic E-state index is -0.916. The van der Waals surface area contributed by atoms with Crippen molar-refractivity contribution >= 4 is 34.7 Å². The first-order valence-corrected chi connectivity index (χ1v) is 11.7. The van der Waals surface area contributed by atoms with Crippen molar-refractivity contribution in [1.82, 2.24) is 30.0 Å². The minimum absolute atomic E-state index is 0.100. The summed E-state index contributed by atoms with van der Waals surface area (Å²) in [5.41, 5.74) is 2.14. The number of hydrogen-bond acceptors (Lipinski definition) is 7. The molecule has 1 aromatic carbocycles. The number of carboxylic acid groups (broad SMARTS) is 1. The Hall–Kier alpha value is -3.93. The summed E-state index contributed by atoms with van der Waals surface area (Å²) in [6.45, 7) is 3.55. The van der Waals surface area contributed by atoms with Gasteiger partial charge in [0, 0.05) is 44.5 Å². The molecule has 3 aromatic rings. The lowest BCUT2D eigenvalue weighted by molar-refractivity contribution is 0.120. The zero-order valence-electron chi connectivity index (χ0n) is 19.5. The Balaban J connectivity index is 1.55. The lowest BCUT2D eigenvalue weighted by Crippen LogP contribution is -2.40. The van der Waals surface area contributed by atoms with Gasteiger partial charge in [-0.3, -0.25) is 0 Å². The third kappa shape index (κ3) is 4.69. The van der Waals surface area contributed by atoms with E-state index in [0.717, 1.165) is 29.6 Å². The van der Waals surface area contributed by atoms with Crippen molar-refractivity contribution in [3.8, 4) is 11.4 Å². The molecule has 0 aliphatic carbocycles. The zero-order chi connectivity index (χ0) is 24.4. The van der Waals surface area contributed by atoms with E-state index in [2.05, 4.69) is 20.6 Å². The summed E-state index contributed by atoms with van der Waals surface area (Å²) >= 11 is 0. The van der Waals surface area contributed by atoms with Crippen LogP contribution in [0.2, 0.25) is 0 Å². The SMILES string of the molecule is CNC(=O)Nc1ccc(-c2nc(N3CCOCC3)c3cnn([C@@H]4CCCN(C(=O)O)C4)c3n2)cc1. The Morgan fingerprint density at radius 1 is 1.11 bits per heavy atom. The van der Waals surface area contributed by atoms with Gasteiger partial charge in [-0.05, 0) is 37.1 Å². The van der Waals surface area contributed by atoms with Gasteiger partial charge in [0.1, 0.15) is 5.82 Å². The Morgan fingerprint density at radius 3 is 2.60 bits per heavy atom. The summed E-state index contributed by atoms with van der Waals surface area (Å²) in [6, 6.07) is 6.94. The van der Waals surface area contributed by atoms with E-state index >= 15 is 0 Å². The molecule has 1 atom stereocenters. The van der Waals surface area contributed by atoms with Crippen LogP contribution < -0.4 is 15.5 Å². The lowest BCUT2D eigenvalue weighted by Gasteiger charge is -2.31. The number of ether oxygens (including phenoxy) is 1. The molecule has 0 bridgehead atoms. The number of likely N-dealkylation sites (tertiary alicyclic amines) is 1. The maximum absolute atomic E-state index is 11.6. The number of nitrogens with one attached hydrogen (secondary N) is 2. The second-order valence-electron chi connectivity index (χ2n) is 8.60. The monoisotopic (exact) mass is 480 g/mol. The molecule has 2 saturated heterocycles. The van der Waals surface area contributed by atoms with Crippen molar-refractivity contribution in [1.29, 1.82) is 0 Å². The Bertz CT molecular complexity index is 1220. The molecule has 3 N–H and O–H groups in total. The Labute approximate surface area is 201 Å². The zero-order valence-corrected chi connectivity index (χ0v) is 19.5. The maximum Gasteiger partial charge on any atom is 0.407 e. The molecule has 0 unspecified atom stereocenters. The van der Waals surface area contributed by atoms with Crippen molar-refractivity contribution in [2.75, 3.05) is 56.7 Å². The maximum atomic E-state index is 11.6. The van der Waals surface area contributed by atoms with Gasteiger partial charge in [-0.2, -0.15) is 5.10 Å². The molecule has 0 spiro atoms. The number of fused-ring (bicyclic) bond motifs is 1. The summed E-state index contributed by atoms with van der Waals surface area (Å²) in [5.74, 6) is 1.33. The predicted molar refractivity (Wildman–Crippen MR) is 130 cm³/mol. The first-order chi connectivity index (χ1) is 17.0. The molecule has 12 nitrogen and oxygen atoms in total. The number of aromatic nitrogens is 4. The average Bonchev–Trinajstić information content (AvgIpc) is 3.33. The molecule has 4 heterocycles. The van der Waals surface area contributed by atoms with E-state index in [9.17, 15) is 14.7 Å². The highest BCUT2D eigenvalue weighted by Crippen LogP contribution is 2.32. The van der Waals surface area contributed by atoms with Crippen LogP contribution in [0.3, 0.4) is 0 Å². The van der Waals surface area contributed by atoms with Gasteiger partial charge in [-0.25, -0.2) is 24.2 Å². The van der Waals surface area contributed by atoms with Crippen LogP contribution >= 0.6 is 0 Å². The van der Waals surface area contributed by atoms with Crippen molar-refractivity contribution in [3.05, 3.63) is 30.5 Å². The first kappa shape index (κ1) is 22.8. The number of anilines is 2. The first-order valence-electron chi connectivity index (χ1n) is 11.7. The molecule has 2 aromatic heterocycles. The van der Waals surface area contributed by atoms with E-state index < -0.39 is 6.09 Å². The number of carbonyl (C=O) groups excluding carboxylic acids is 1. The van der Waals surface area contributed by atoms with Crippen LogP contribution in [0.1, 0.15) is 18.9 Å². The van der Waals surface area contributed by atoms with Crippen molar-refractivity contribution in [3.63, 3.8) is 0 Å². The molecule has 0 saturated carbocycles. The smallest absolute Gasteiger partial charge is 0.407 e. The number of hydrogen-bond donors (Lipinski definition) is 3. The molecule has 12 heteroatoms. The number of benzene rings is 1. The third-order valence-corrected chi connectivity index (χ3v) is 6.39. The fraction of sp³-hybridized carbons (Fsp3) is 0.435. The molecule has 35 heavy (non-hydrogen) atoms. The Kier molecular flexibility index (Phi) is 6.36. The number of amides is 3. The summed E-state index contributed by atoms with van der Waals surface area (Å²) in [5, 5.41) is 20.2. The molecule has 2 fully saturated rings. The second-order valence-corrected chi connectivity index (χ2v) is 8.60. The molecule has 3 amide bonds. The van der Waals surface area contributed by atoms with Gasteiger partial charge in [0.25, 0.3) is 0 Å². The molecule has 2 aliphatic heterocycles. The topological polar surface area (TPSA) is 138 Å². The van der Waals surface area contributed by atoms with Crippen molar-refractivity contribution in [2.45, 2.75) is 18.9 Å². The summed E-state index contributed by atoms with van der Waals surface area (Å²) < 4.78 is 7.38. The van der Waals surface area contributed by atoms with E-state index in [1.807, 2.05) is 16.8 Å². The predicted octanol–water partition coefficient (Wildman–Crippen LogP) is 2.40. The molecular formula is C23H28N8O4. The van der Waals surface area contributed by atoms with E-state index in [4.69, 9.17) is 14.7 Å². The van der Waals surface area contributed by atoms with E-state index in [1.54, 1.807) is 25.4 Å². The third-order valence-electron chi connectivity index (χ3n) is 6.39. The standard InChI is InChI=1S/C23H28N8O4/c1-24-22(32)26-16-6-4-15(5-7-16)19-27-20(29-9-11-35-12-10-29)18-13-25-31(21(18)28-19)17-3-2-8-30(14-17)23(33)34/h4-7,13,17H,2-3,8-12,14H2,1H3,(H,33,34)(H2,24,26,32)/t17-/m1/s1. The summed E-state index contributed by atoms with van der Waals surface area (Å²) in [7, 11) is 1.56. The largest absolute Gasteiger partial charge is 0.465 e. The highest BCUT2D eigenvalue weighted by molar-refractivity contribution is 5.90. The van der Waals surface area contributed by atoms with Crippen molar-refractivity contribution in [2.24, 2.45) is 0 Å². The van der Waals surface area contributed by atoms with Gasteiger partial charge in [0.15, 0.2) is 11.5 Å². The number of urea groups is 1. The summed E-state index contributed by atoms with van der Waals surface area (Å²) in [6.07, 6.45) is 2.46. The number of rotatable bonds is 4. The quantitative estimate of drug-likeness (QED) is 0.518. The molecule has 0 radical (unpaired) electrons. The normalized spacial score (nSPS) is 18.5. The van der Waals surface area contributed by atoms with Crippen LogP contribution in [0.5, 0.6) is 0 Å². The summed E-state index contributed by atoms with van der Waals surface area (Å²) in [4.78, 5) is 36.6. The highest BCUT2D eigenvalue weighted by Gasteiger charge is 2.28. The van der Waals surface area contributed by atoms with E-state index in [0.29, 0.717) is 56.6 Å². The van der Waals surface area contributed by atoms with Crippen molar-refractivity contribution < 1.29 is 19.4 Å². The van der Waals surface area contributed by atoms with Gasteiger partial charge in [0.2, 0.25) is 0 Å². The number of carbonyl (C=O) groups is 2. The van der Waals surface area contributed by atoms with Gasteiger partial charge < -0.3 is 30.3 Å². The van der Waals surface area contributed by atoms with E-state index in [1.165, 1.54) is 4.90 Å². The fourth-order valence-corrected chi connectivity index (χ4v) is 4.55. The molecular weight excluding hydrogens is 452 g/mol. The van der Waals surface area contributed by atoms with Gasteiger partial charge in [-0.15, -0.1) is 0 Å². The van der Waals surface area contributed by atoms with Crippen LogP contribution in [-0.4, -0.2) is 88.3 Å². The molecule has 5 rings (SSSR count). The minimum Gasteiger partial charge on any atom is -0.465 e. The number of morpholine rings is 1. The lowest BCUT2D eigenvalue weighted by atomic mass is 10.1. The van der Waals surface area contributed by atoms with Crippen LogP contribution in [0, 0.1) is 0 Å². The Morgan fingerprint density at radius 2 is 1.89 bits per heavy atom. The van der Waals surface area contributed by atoms with Gasteiger partial charge in [0.05, 0.1) is 30.8 Å². The average molecular weight is 481 g/mol. The highest BCUT2D eigenvalue weighted by atomic mass is 16.5. The van der Waals surface area contributed by atoms with Crippen LogP contribution in [-0.2, 0) is 4.74 Å². The second kappa shape index (κ2) is 9.74. The van der Waals surface area contributed by atoms with Gasteiger partial charge >= 0.3 is 12.1 Å².